The summed E-state index contributed by atoms with van der Waals surface area (Å²) in [7, 11) is 1.23. The van der Waals surface area contributed by atoms with Crippen LogP contribution >= 0.6 is 0 Å². The van der Waals surface area contributed by atoms with Gasteiger partial charge in [0.2, 0.25) is 11.8 Å². The summed E-state index contributed by atoms with van der Waals surface area (Å²) < 4.78 is 23.6. The quantitative estimate of drug-likeness (QED) is 0.653. The molecule has 0 unspecified atom stereocenters. The largest absolute Gasteiger partial charge is 0.468 e. The van der Waals surface area contributed by atoms with Crippen LogP contribution in [-0.2, 0) is 19.1 Å². The molecule has 8 heteroatoms. The van der Waals surface area contributed by atoms with Gasteiger partial charge in [0.05, 0.1) is 36.9 Å². The number of ether oxygens (including phenoxy) is 1. The van der Waals surface area contributed by atoms with Gasteiger partial charge < -0.3 is 9.15 Å². The predicted octanol–water partition coefficient (Wildman–Crippen LogP) is 1.80. The summed E-state index contributed by atoms with van der Waals surface area (Å²) in [6, 6.07) is 7.73. The molecule has 0 spiro atoms. The van der Waals surface area contributed by atoms with Crippen LogP contribution in [0.25, 0.3) is 0 Å². The highest BCUT2D eigenvalue weighted by atomic mass is 19.1. The van der Waals surface area contributed by atoms with E-state index in [2.05, 4.69) is 5.32 Å². The third kappa shape index (κ3) is 2.40. The van der Waals surface area contributed by atoms with Crippen molar-refractivity contribution in [2.24, 2.45) is 11.8 Å². The molecule has 0 bridgehead atoms. The van der Waals surface area contributed by atoms with E-state index in [1.807, 2.05) is 0 Å². The summed E-state index contributed by atoms with van der Waals surface area (Å²) in [5.41, 5.74) is -1.15. The van der Waals surface area contributed by atoms with Crippen molar-refractivity contribution in [1.82, 2.24) is 5.32 Å². The molecule has 27 heavy (non-hydrogen) atoms. The molecule has 140 valence electrons. The van der Waals surface area contributed by atoms with Gasteiger partial charge in [-0.1, -0.05) is 0 Å². The molecule has 1 N–H and O–H groups in total. The number of hydrogen-bond donors (Lipinski definition) is 1. The minimum atomic E-state index is -1.40. The van der Waals surface area contributed by atoms with E-state index in [1.54, 1.807) is 19.1 Å². The van der Waals surface area contributed by atoms with Crippen LogP contribution in [0.1, 0.15) is 18.7 Å². The maximum atomic E-state index is 13.2. The Morgan fingerprint density at radius 3 is 2.52 bits per heavy atom. The fraction of sp³-hybridized carbons (Fsp3) is 0.316. The topological polar surface area (TPSA) is 88.8 Å². The summed E-state index contributed by atoms with van der Waals surface area (Å²) >= 11 is 0. The number of amides is 2. The number of rotatable bonds is 3. The van der Waals surface area contributed by atoms with E-state index in [0.29, 0.717) is 5.76 Å². The van der Waals surface area contributed by atoms with Crippen molar-refractivity contribution in [3.63, 3.8) is 0 Å². The van der Waals surface area contributed by atoms with Crippen molar-refractivity contribution in [3.05, 3.63) is 54.2 Å². The standard InChI is InChI=1S/C19H17FN2O5/c1-19(18(25)26-2)14-13(15(21-19)12-4-3-9-27-12)16(23)22(17(14)24)11-7-5-10(20)6-8-11/h3-9,13-15,21H,1-2H3/t13-,14-,15+,19+/m0/s1. The number of carbonyl (C=O) groups excluding carboxylic acids is 3. The van der Waals surface area contributed by atoms with Crippen LogP contribution in [0.3, 0.4) is 0 Å². The van der Waals surface area contributed by atoms with Gasteiger partial charge in [0.25, 0.3) is 0 Å². The van der Waals surface area contributed by atoms with Gasteiger partial charge in [-0.15, -0.1) is 0 Å². The van der Waals surface area contributed by atoms with Gasteiger partial charge in [0.15, 0.2) is 0 Å². The number of imide groups is 1. The lowest BCUT2D eigenvalue weighted by molar-refractivity contribution is -0.151. The van der Waals surface area contributed by atoms with E-state index in [4.69, 9.17) is 9.15 Å². The summed E-state index contributed by atoms with van der Waals surface area (Å²) in [6.45, 7) is 1.54. The highest BCUT2D eigenvalue weighted by Gasteiger charge is 2.67. The van der Waals surface area contributed by atoms with E-state index in [1.165, 1.54) is 37.6 Å². The Kier molecular flexibility index (Phi) is 3.88. The minimum absolute atomic E-state index is 0.256. The Labute approximate surface area is 154 Å². The molecular formula is C19H17FN2O5. The molecule has 1 aromatic carbocycles. The van der Waals surface area contributed by atoms with E-state index in [9.17, 15) is 18.8 Å². The van der Waals surface area contributed by atoms with Crippen LogP contribution in [0, 0.1) is 17.7 Å². The second-order valence-electron chi connectivity index (χ2n) is 6.82. The van der Waals surface area contributed by atoms with Crippen LogP contribution in [-0.4, -0.2) is 30.4 Å². The predicted molar refractivity (Wildman–Crippen MR) is 90.9 cm³/mol. The zero-order chi connectivity index (χ0) is 19.3. The Morgan fingerprint density at radius 1 is 1.22 bits per heavy atom. The molecular weight excluding hydrogens is 355 g/mol. The highest BCUT2D eigenvalue weighted by molar-refractivity contribution is 6.24. The Balaban J connectivity index is 1.81. The maximum absolute atomic E-state index is 13.2. The fourth-order valence-corrected chi connectivity index (χ4v) is 4.10. The molecule has 1 aromatic heterocycles. The lowest BCUT2D eigenvalue weighted by Crippen LogP contribution is -2.54. The van der Waals surface area contributed by atoms with E-state index in [-0.39, 0.29) is 5.69 Å². The number of halogens is 1. The van der Waals surface area contributed by atoms with E-state index < -0.39 is 47.0 Å². The number of furan rings is 1. The van der Waals surface area contributed by atoms with Gasteiger partial charge in [0, 0.05) is 0 Å². The molecule has 2 aromatic rings. The molecule has 4 atom stereocenters. The van der Waals surface area contributed by atoms with E-state index in [0.717, 1.165) is 4.90 Å². The zero-order valence-corrected chi connectivity index (χ0v) is 14.6. The van der Waals surface area contributed by atoms with Crippen LogP contribution in [0.15, 0.2) is 47.1 Å². The van der Waals surface area contributed by atoms with Gasteiger partial charge in [-0.2, -0.15) is 0 Å². The fourth-order valence-electron chi connectivity index (χ4n) is 4.10. The average Bonchev–Trinajstić information content (AvgIpc) is 3.34. The third-order valence-electron chi connectivity index (χ3n) is 5.33. The Hall–Kier alpha value is -3.00. The molecule has 0 saturated carbocycles. The summed E-state index contributed by atoms with van der Waals surface area (Å²) in [5.74, 6) is -3.51. The Bertz CT molecular complexity index is 911. The van der Waals surface area contributed by atoms with Gasteiger partial charge in [-0.25, -0.2) is 9.29 Å². The smallest absolute Gasteiger partial charge is 0.326 e. The molecule has 7 nitrogen and oxygen atoms in total. The van der Waals surface area contributed by atoms with Crippen LogP contribution < -0.4 is 10.2 Å². The van der Waals surface area contributed by atoms with Crippen molar-refractivity contribution >= 4 is 23.5 Å². The van der Waals surface area contributed by atoms with Gasteiger partial charge in [0.1, 0.15) is 17.1 Å². The number of hydrogen-bond acceptors (Lipinski definition) is 6. The normalized spacial score (nSPS) is 29.9. The second-order valence-corrected chi connectivity index (χ2v) is 6.82. The second kappa shape index (κ2) is 6.02. The first kappa shape index (κ1) is 17.4. The number of methoxy groups -OCH3 is 1. The number of fused-ring (bicyclic) bond motifs is 1. The molecule has 0 aliphatic carbocycles. The number of anilines is 1. The van der Waals surface area contributed by atoms with Crippen molar-refractivity contribution < 1.29 is 27.9 Å². The lowest BCUT2D eigenvalue weighted by Gasteiger charge is -2.28. The first-order valence-electron chi connectivity index (χ1n) is 8.41. The SMILES string of the molecule is COC(=O)[C@]1(C)N[C@H](c2ccco2)[C@H]2C(=O)N(c3ccc(F)cc3)C(=O)[C@H]21. The van der Waals surface area contributed by atoms with Crippen molar-refractivity contribution in [2.45, 2.75) is 18.5 Å². The van der Waals surface area contributed by atoms with Crippen molar-refractivity contribution in [3.8, 4) is 0 Å². The van der Waals surface area contributed by atoms with Gasteiger partial charge in [-0.3, -0.25) is 19.7 Å². The molecule has 0 radical (unpaired) electrons. The van der Waals surface area contributed by atoms with Crippen LogP contribution in [0.4, 0.5) is 10.1 Å². The number of carbonyl (C=O) groups is 3. The van der Waals surface area contributed by atoms with Crippen LogP contribution in [0.5, 0.6) is 0 Å². The van der Waals surface area contributed by atoms with Crippen LogP contribution in [0.2, 0.25) is 0 Å². The molecule has 2 aliphatic rings. The van der Waals surface area contributed by atoms with E-state index >= 15 is 0 Å². The molecule has 3 heterocycles. The van der Waals surface area contributed by atoms with Crippen molar-refractivity contribution in [1.29, 1.82) is 0 Å². The van der Waals surface area contributed by atoms with Crippen molar-refractivity contribution in [2.75, 3.05) is 12.0 Å². The minimum Gasteiger partial charge on any atom is -0.468 e. The molecule has 2 saturated heterocycles. The lowest BCUT2D eigenvalue weighted by atomic mass is 9.81. The number of esters is 1. The average molecular weight is 372 g/mol. The summed E-state index contributed by atoms with van der Waals surface area (Å²) in [5, 5.41) is 3.07. The molecule has 4 rings (SSSR count). The number of nitrogens with one attached hydrogen (secondary N) is 1. The molecule has 2 fully saturated rings. The monoisotopic (exact) mass is 372 g/mol. The number of nitrogens with zero attached hydrogens (tertiary/aromatic N) is 1. The summed E-state index contributed by atoms with van der Waals surface area (Å²) in [4.78, 5) is 39.8. The maximum Gasteiger partial charge on any atom is 0.326 e. The molecule has 2 aliphatic heterocycles. The molecule has 2 amide bonds. The number of benzene rings is 1. The summed E-state index contributed by atoms with van der Waals surface area (Å²) in [6.07, 6.45) is 1.46. The first-order valence-corrected chi connectivity index (χ1v) is 8.41. The third-order valence-corrected chi connectivity index (χ3v) is 5.33. The van der Waals surface area contributed by atoms with Gasteiger partial charge in [-0.05, 0) is 43.3 Å². The van der Waals surface area contributed by atoms with Gasteiger partial charge >= 0.3 is 5.97 Å². The highest BCUT2D eigenvalue weighted by Crippen LogP contribution is 2.49. The zero-order valence-electron chi connectivity index (χ0n) is 14.6. The first-order chi connectivity index (χ1) is 12.9. The Morgan fingerprint density at radius 2 is 1.93 bits per heavy atom.